The minimum atomic E-state index is -0.519. The molecule has 0 unspecified atom stereocenters. The van der Waals surface area contributed by atoms with E-state index in [-0.39, 0.29) is 49.2 Å². The van der Waals surface area contributed by atoms with Crippen LogP contribution in [0.4, 0.5) is 14.0 Å². The minimum Gasteiger partial charge on any atom is -0.453 e. The Morgan fingerprint density at radius 2 is 2.00 bits per heavy atom. The summed E-state index contributed by atoms with van der Waals surface area (Å²) < 4.78 is 31.2. The highest BCUT2D eigenvalue weighted by Gasteiger charge is 2.31. The normalized spacial score (nSPS) is 24.5. The highest BCUT2D eigenvalue weighted by atomic mass is 19.1. The van der Waals surface area contributed by atoms with Gasteiger partial charge in [0.1, 0.15) is 5.82 Å². The number of hydrogen-bond acceptors (Lipinski definition) is 6. The molecule has 0 radical (unpaired) electrons. The maximum absolute atomic E-state index is 15.1. The summed E-state index contributed by atoms with van der Waals surface area (Å²) in [5.41, 5.74) is 1.38. The topological polar surface area (TPSA) is 101 Å². The van der Waals surface area contributed by atoms with E-state index in [0.717, 1.165) is 37.7 Å². The number of amides is 3. The van der Waals surface area contributed by atoms with Crippen molar-refractivity contribution < 1.29 is 28.2 Å². The number of likely N-dealkylation sites (tertiary alicyclic amines) is 1. The van der Waals surface area contributed by atoms with Gasteiger partial charge in [0.15, 0.2) is 0 Å². The molecular weight excluding hydrogens is 491 g/mol. The van der Waals surface area contributed by atoms with Crippen molar-refractivity contribution in [3.63, 3.8) is 0 Å². The Morgan fingerprint density at radius 3 is 2.71 bits per heavy atom. The van der Waals surface area contributed by atoms with E-state index >= 15 is 4.39 Å². The van der Waals surface area contributed by atoms with E-state index in [2.05, 4.69) is 34.5 Å². The third kappa shape index (κ3) is 9.10. The number of hydrogen-bond donors (Lipinski definition) is 3. The number of likely N-dealkylation sites (N-methyl/N-ethyl adjacent to an activating group) is 1. The van der Waals surface area contributed by atoms with Crippen molar-refractivity contribution in [3.05, 3.63) is 35.1 Å². The number of rotatable bonds is 11. The molecule has 10 heteroatoms. The summed E-state index contributed by atoms with van der Waals surface area (Å²) in [6, 6.07) is 4.94. The predicted octanol–water partition coefficient (Wildman–Crippen LogP) is 3.77. The highest BCUT2D eigenvalue weighted by Crippen LogP contribution is 2.32. The molecule has 0 spiro atoms. The Kier molecular flexibility index (Phi) is 12.1. The molecule has 1 aromatic carbocycles. The van der Waals surface area contributed by atoms with Gasteiger partial charge in [-0.05, 0) is 76.1 Å². The van der Waals surface area contributed by atoms with Gasteiger partial charge >= 0.3 is 12.1 Å². The first kappa shape index (κ1) is 30.1. The Morgan fingerprint density at radius 1 is 1.24 bits per heavy atom. The summed E-state index contributed by atoms with van der Waals surface area (Å²) in [6.45, 7) is 6.84. The van der Waals surface area contributed by atoms with Gasteiger partial charge in [-0.2, -0.15) is 0 Å². The molecule has 1 aromatic rings. The number of halogens is 1. The standard InChI is InChI=1S/C28H45FN4O5/c1-19-13-21(14-20(2)38-19)15-24(16-30-3)32-27(34)33-11-6-8-22(17-33)26-23(7-5-9-25(26)29)18-37-12-10-31-28(35)36-4/h5,7,9,19-22,24,30H,6,8,10-18H2,1-4H3,(H,31,35)(H,32,34)/t19-,20+,21-,22-,24-/m0/s1. The second-order valence-corrected chi connectivity index (χ2v) is 10.6. The predicted molar refractivity (Wildman–Crippen MR) is 144 cm³/mol. The van der Waals surface area contributed by atoms with E-state index in [0.29, 0.717) is 37.7 Å². The summed E-state index contributed by atoms with van der Waals surface area (Å²) in [6.07, 6.45) is 4.48. The first-order valence-corrected chi connectivity index (χ1v) is 13.8. The summed E-state index contributed by atoms with van der Waals surface area (Å²) in [4.78, 5) is 26.3. The van der Waals surface area contributed by atoms with Gasteiger partial charge < -0.3 is 35.1 Å². The van der Waals surface area contributed by atoms with Crippen LogP contribution in [0.15, 0.2) is 18.2 Å². The van der Waals surface area contributed by atoms with E-state index in [1.54, 1.807) is 6.07 Å². The van der Waals surface area contributed by atoms with Gasteiger partial charge in [-0.25, -0.2) is 14.0 Å². The molecule has 214 valence electrons. The summed E-state index contributed by atoms with van der Waals surface area (Å²) in [7, 11) is 3.20. The molecule has 0 saturated carbocycles. The molecular formula is C28H45FN4O5. The molecule has 2 fully saturated rings. The number of ether oxygens (including phenoxy) is 3. The van der Waals surface area contributed by atoms with Crippen molar-refractivity contribution in [1.29, 1.82) is 0 Å². The fourth-order valence-electron chi connectivity index (χ4n) is 5.88. The third-order valence-electron chi connectivity index (χ3n) is 7.41. The average Bonchev–Trinajstić information content (AvgIpc) is 2.88. The maximum Gasteiger partial charge on any atom is 0.406 e. The molecule has 0 aromatic heterocycles. The van der Waals surface area contributed by atoms with Gasteiger partial charge in [0.05, 0.1) is 32.5 Å². The molecule has 2 saturated heterocycles. The van der Waals surface area contributed by atoms with Crippen molar-refractivity contribution in [3.8, 4) is 0 Å². The molecule has 0 bridgehead atoms. The van der Waals surface area contributed by atoms with Crippen LogP contribution < -0.4 is 16.0 Å². The molecule has 2 heterocycles. The quantitative estimate of drug-likeness (QED) is 0.372. The Bertz CT molecular complexity index is 894. The van der Waals surface area contributed by atoms with Crippen LogP contribution in [0.25, 0.3) is 0 Å². The van der Waals surface area contributed by atoms with Gasteiger partial charge in [-0.15, -0.1) is 0 Å². The van der Waals surface area contributed by atoms with Crippen LogP contribution in [-0.2, 0) is 20.8 Å². The van der Waals surface area contributed by atoms with Crippen molar-refractivity contribution in [2.24, 2.45) is 5.92 Å². The fraction of sp³-hybridized carbons (Fsp3) is 0.714. The number of urea groups is 1. The van der Waals surface area contributed by atoms with Crippen molar-refractivity contribution in [2.75, 3.05) is 46.9 Å². The van der Waals surface area contributed by atoms with E-state index in [9.17, 15) is 9.59 Å². The largest absolute Gasteiger partial charge is 0.453 e. The number of benzene rings is 1. The zero-order valence-electron chi connectivity index (χ0n) is 23.3. The molecule has 3 N–H and O–H groups in total. The fourth-order valence-corrected chi connectivity index (χ4v) is 5.88. The Labute approximate surface area is 226 Å². The van der Waals surface area contributed by atoms with E-state index in [1.165, 1.54) is 13.2 Å². The lowest BCUT2D eigenvalue weighted by Gasteiger charge is -2.37. The lowest BCUT2D eigenvalue weighted by atomic mass is 9.86. The molecule has 3 rings (SSSR count). The SMILES string of the molecule is CNC[C@H](C[C@@H]1C[C@@H](C)O[C@@H](C)C1)NC(=O)N1CCC[C@H](c2c(F)cccc2COCCNC(=O)OC)C1. The molecule has 2 aliphatic rings. The van der Waals surface area contributed by atoms with Crippen LogP contribution >= 0.6 is 0 Å². The molecule has 5 atom stereocenters. The number of carbonyl (C=O) groups excluding carboxylic acids is 2. The molecule has 0 aliphatic carbocycles. The van der Waals surface area contributed by atoms with Gasteiger partial charge in [0, 0.05) is 38.1 Å². The highest BCUT2D eigenvalue weighted by molar-refractivity contribution is 5.74. The van der Waals surface area contributed by atoms with Gasteiger partial charge in [-0.1, -0.05) is 12.1 Å². The van der Waals surface area contributed by atoms with Crippen LogP contribution in [0.1, 0.15) is 63.0 Å². The molecule has 9 nitrogen and oxygen atoms in total. The summed E-state index contributed by atoms with van der Waals surface area (Å²) in [5, 5.41) is 9.02. The van der Waals surface area contributed by atoms with Gasteiger partial charge in [0.25, 0.3) is 0 Å². The maximum atomic E-state index is 15.1. The van der Waals surface area contributed by atoms with Crippen molar-refractivity contribution in [2.45, 2.75) is 76.7 Å². The van der Waals surface area contributed by atoms with Crippen LogP contribution in [0.5, 0.6) is 0 Å². The zero-order chi connectivity index (χ0) is 27.5. The monoisotopic (exact) mass is 536 g/mol. The van der Waals surface area contributed by atoms with Crippen LogP contribution in [0.3, 0.4) is 0 Å². The summed E-state index contributed by atoms with van der Waals surface area (Å²) in [5.74, 6) is 0.120. The number of nitrogens with zero attached hydrogens (tertiary/aromatic N) is 1. The Balaban J connectivity index is 1.59. The third-order valence-corrected chi connectivity index (χ3v) is 7.41. The Hall–Kier alpha value is -2.43. The van der Waals surface area contributed by atoms with Crippen LogP contribution in [0, 0.1) is 11.7 Å². The lowest BCUT2D eigenvalue weighted by Crippen LogP contribution is -2.51. The number of carbonyl (C=O) groups is 2. The number of nitrogens with one attached hydrogen (secondary N) is 3. The van der Waals surface area contributed by atoms with E-state index < -0.39 is 6.09 Å². The number of piperidine rings is 1. The smallest absolute Gasteiger partial charge is 0.406 e. The van der Waals surface area contributed by atoms with Crippen molar-refractivity contribution in [1.82, 2.24) is 20.9 Å². The van der Waals surface area contributed by atoms with E-state index in [1.807, 2.05) is 18.0 Å². The van der Waals surface area contributed by atoms with E-state index in [4.69, 9.17) is 9.47 Å². The first-order chi connectivity index (χ1) is 18.3. The summed E-state index contributed by atoms with van der Waals surface area (Å²) >= 11 is 0. The first-order valence-electron chi connectivity index (χ1n) is 13.8. The van der Waals surface area contributed by atoms with Crippen LogP contribution in [-0.4, -0.2) is 82.2 Å². The molecule has 2 aliphatic heterocycles. The number of methoxy groups -OCH3 is 1. The zero-order valence-corrected chi connectivity index (χ0v) is 23.3. The average molecular weight is 537 g/mol. The van der Waals surface area contributed by atoms with Gasteiger partial charge in [-0.3, -0.25) is 0 Å². The lowest BCUT2D eigenvalue weighted by molar-refractivity contribution is -0.0547. The second-order valence-electron chi connectivity index (χ2n) is 10.6. The molecule has 3 amide bonds. The molecule has 38 heavy (non-hydrogen) atoms. The van der Waals surface area contributed by atoms with Gasteiger partial charge in [0.2, 0.25) is 0 Å². The minimum absolute atomic E-state index is 0.0198. The van der Waals surface area contributed by atoms with Crippen LogP contribution in [0.2, 0.25) is 0 Å². The number of alkyl carbamates (subject to hydrolysis) is 1. The second kappa shape index (κ2) is 15.2. The van der Waals surface area contributed by atoms with Crippen molar-refractivity contribution >= 4 is 12.1 Å².